The molecule has 0 atom stereocenters. The summed E-state index contributed by atoms with van der Waals surface area (Å²) in [5.74, 6) is 0.824. The van der Waals surface area contributed by atoms with Crippen molar-refractivity contribution in [3.05, 3.63) is 16.1 Å². The molecule has 0 unspecified atom stereocenters. The summed E-state index contributed by atoms with van der Waals surface area (Å²) in [5, 5.41) is 6.76. The molecule has 1 aromatic heterocycles. The fraction of sp³-hybridized carbons (Fsp3) is 0.800. The van der Waals surface area contributed by atoms with Gasteiger partial charge < -0.3 is 10.1 Å². The van der Waals surface area contributed by atoms with E-state index in [2.05, 4.69) is 31.5 Å². The zero-order chi connectivity index (χ0) is 13.9. The number of rotatable bonds is 5. The predicted molar refractivity (Wildman–Crippen MR) is 80.4 cm³/mol. The smallest absolute Gasteiger partial charge is 0.125 e. The van der Waals surface area contributed by atoms with Crippen LogP contribution in [0.3, 0.4) is 0 Å². The third-order valence-electron chi connectivity index (χ3n) is 4.11. The van der Waals surface area contributed by atoms with E-state index in [-0.39, 0.29) is 5.60 Å². The van der Waals surface area contributed by atoms with E-state index in [1.54, 1.807) is 11.3 Å². The first-order chi connectivity index (χ1) is 9.05. The van der Waals surface area contributed by atoms with Gasteiger partial charge in [0.1, 0.15) is 10.6 Å². The lowest BCUT2D eigenvalue weighted by atomic mass is 9.80. The van der Waals surface area contributed by atoms with Crippen LogP contribution in [-0.2, 0) is 16.9 Å². The van der Waals surface area contributed by atoms with Gasteiger partial charge >= 0.3 is 0 Å². The Bertz CT molecular complexity index is 395. The van der Waals surface area contributed by atoms with Gasteiger partial charge in [0.25, 0.3) is 0 Å². The Morgan fingerprint density at radius 3 is 2.74 bits per heavy atom. The molecule has 1 saturated carbocycles. The molecule has 1 fully saturated rings. The van der Waals surface area contributed by atoms with Gasteiger partial charge in [-0.25, -0.2) is 4.98 Å². The van der Waals surface area contributed by atoms with Gasteiger partial charge in [-0.1, -0.05) is 20.8 Å². The van der Waals surface area contributed by atoms with Crippen molar-refractivity contribution in [3.63, 3.8) is 0 Å². The number of nitrogens with zero attached hydrogens (tertiary/aromatic N) is 1. The van der Waals surface area contributed by atoms with Crippen molar-refractivity contribution in [1.82, 2.24) is 10.3 Å². The molecule has 0 bridgehead atoms. The largest absolute Gasteiger partial charge is 0.371 e. The molecule has 0 amide bonds. The lowest BCUT2D eigenvalue weighted by Crippen LogP contribution is -2.33. The summed E-state index contributed by atoms with van der Waals surface area (Å²) in [5.41, 5.74) is 1.02. The fourth-order valence-corrected chi connectivity index (χ4v) is 3.70. The molecule has 4 heteroatoms. The highest BCUT2D eigenvalue weighted by molar-refractivity contribution is 7.09. The Hall–Kier alpha value is -0.450. The van der Waals surface area contributed by atoms with Gasteiger partial charge in [-0.2, -0.15) is 0 Å². The van der Waals surface area contributed by atoms with Crippen molar-refractivity contribution in [3.8, 4) is 0 Å². The van der Waals surface area contributed by atoms with Gasteiger partial charge in [-0.05, 0) is 31.6 Å². The second-order valence-electron chi connectivity index (χ2n) is 6.06. The predicted octanol–water partition coefficient (Wildman–Crippen LogP) is 3.69. The highest BCUT2D eigenvalue weighted by Gasteiger charge is 2.38. The van der Waals surface area contributed by atoms with E-state index in [0.717, 1.165) is 31.0 Å². The number of ether oxygens (including phenoxy) is 1. The van der Waals surface area contributed by atoms with E-state index in [1.807, 2.05) is 7.11 Å². The highest BCUT2D eigenvalue weighted by Crippen LogP contribution is 2.43. The maximum absolute atomic E-state index is 5.88. The fourth-order valence-electron chi connectivity index (χ4n) is 2.64. The van der Waals surface area contributed by atoms with Gasteiger partial charge in [0.05, 0.1) is 5.69 Å². The maximum Gasteiger partial charge on any atom is 0.125 e. The highest BCUT2D eigenvalue weighted by atomic mass is 32.1. The number of aromatic nitrogens is 1. The lowest BCUT2D eigenvalue weighted by Gasteiger charge is -2.36. The molecule has 1 aromatic rings. The Morgan fingerprint density at radius 1 is 1.47 bits per heavy atom. The Balaban J connectivity index is 2.07. The van der Waals surface area contributed by atoms with Crippen LogP contribution in [-0.4, -0.2) is 18.1 Å². The molecular formula is C15H26N2OS. The average molecular weight is 282 g/mol. The van der Waals surface area contributed by atoms with Crippen LogP contribution in [0, 0.1) is 5.92 Å². The molecule has 1 heterocycles. The number of thiazole rings is 1. The number of methoxy groups -OCH3 is 1. The number of nitrogens with one attached hydrogen (secondary N) is 1. The molecule has 19 heavy (non-hydrogen) atoms. The summed E-state index contributed by atoms with van der Waals surface area (Å²) in [6.45, 7) is 7.50. The van der Waals surface area contributed by atoms with Crippen molar-refractivity contribution in [2.75, 3.05) is 7.11 Å². The van der Waals surface area contributed by atoms with Crippen molar-refractivity contribution in [2.45, 2.75) is 64.6 Å². The molecule has 0 saturated heterocycles. The van der Waals surface area contributed by atoms with Gasteiger partial charge in [-0.3, -0.25) is 0 Å². The van der Waals surface area contributed by atoms with Crippen LogP contribution >= 0.6 is 11.3 Å². The molecule has 1 N–H and O–H groups in total. The average Bonchev–Trinajstić information content (AvgIpc) is 2.87. The van der Waals surface area contributed by atoms with E-state index < -0.39 is 0 Å². The summed E-state index contributed by atoms with van der Waals surface area (Å²) in [6.07, 6.45) is 4.70. The van der Waals surface area contributed by atoms with E-state index in [1.165, 1.54) is 17.8 Å². The van der Waals surface area contributed by atoms with Crippen molar-refractivity contribution in [1.29, 1.82) is 0 Å². The Morgan fingerprint density at radius 2 is 2.16 bits per heavy atom. The third kappa shape index (κ3) is 3.56. The standard InChI is InChI=1S/C15H26N2OS/c1-11(2)16-9-13-10-19-14(17-13)15(18-4)7-5-12(3)6-8-15/h10-12,16H,5-9H2,1-4H3. The van der Waals surface area contributed by atoms with Crippen molar-refractivity contribution >= 4 is 11.3 Å². The third-order valence-corrected chi connectivity index (χ3v) is 5.18. The van der Waals surface area contributed by atoms with Crippen LogP contribution in [0.5, 0.6) is 0 Å². The maximum atomic E-state index is 5.88. The summed E-state index contributed by atoms with van der Waals surface area (Å²) < 4.78 is 5.88. The molecule has 0 aromatic carbocycles. The molecule has 0 spiro atoms. The summed E-state index contributed by atoms with van der Waals surface area (Å²) in [6, 6.07) is 0.497. The monoisotopic (exact) mass is 282 g/mol. The summed E-state index contributed by atoms with van der Waals surface area (Å²) in [7, 11) is 1.84. The van der Waals surface area contributed by atoms with E-state index >= 15 is 0 Å². The topological polar surface area (TPSA) is 34.1 Å². The van der Waals surface area contributed by atoms with Gasteiger partial charge in [0.2, 0.25) is 0 Å². The SMILES string of the molecule is COC1(c2nc(CNC(C)C)cs2)CCC(C)CC1. The first-order valence-electron chi connectivity index (χ1n) is 7.29. The molecule has 1 aliphatic carbocycles. The van der Waals surface area contributed by atoms with Gasteiger partial charge in [-0.15, -0.1) is 11.3 Å². The van der Waals surface area contributed by atoms with E-state index in [4.69, 9.17) is 9.72 Å². The first-order valence-corrected chi connectivity index (χ1v) is 8.17. The van der Waals surface area contributed by atoms with Crippen molar-refractivity contribution < 1.29 is 4.74 Å². The molecule has 0 radical (unpaired) electrons. The summed E-state index contributed by atoms with van der Waals surface area (Å²) >= 11 is 1.76. The molecule has 108 valence electrons. The Kier molecular flexibility index (Phi) is 4.98. The van der Waals surface area contributed by atoms with Crippen LogP contribution in [0.1, 0.15) is 57.2 Å². The van der Waals surface area contributed by atoms with Crippen LogP contribution in [0.15, 0.2) is 5.38 Å². The zero-order valence-electron chi connectivity index (χ0n) is 12.5. The van der Waals surface area contributed by atoms with E-state index in [0.29, 0.717) is 6.04 Å². The zero-order valence-corrected chi connectivity index (χ0v) is 13.3. The second kappa shape index (κ2) is 6.33. The van der Waals surface area contributed by atoms with Crippen LogP contribution in [0.2, 0.25) is 0 Å². The van der Waals surface area contributed by atoms with Gasteiger partial charge in [0.15, 0.2) is 0 Å². The van der Waals surface area contributed by atoms with Gasteiger partial charge in [0, 0.05) is 25.1 Å². The molecule has 0 aliphatic heterocycles. The van der Waals surface area contributed by atoms with Crippen molar-refractivity contribution in [2.24, 2.45) is 5.92 Å². The molecule has 2 rings (SSSR count). The minimum absolute atomic E-state index is 0.118. The van der Waals surface area contributed by atoms with Crippen LogP contribution < -0.4 is 5.32 Å². The lowest BCUT2D eigenvalue weighted by molar-refractivity contribution is -0.0531. The minimum atomic E-state index is -0.118. The second-order valence-corrected chi connectivity index (χ2v) is 6.92. The summed E-state index contributed by atoms with van der Waals surface area (Å²) in [4.78, 5) is 4.80. The normalized spacial score (nSPS) is 27.9. The first kappa shape index (κ1) is 14.9. The van der Waals surface area contributed by atoms with Crippen LogP contribution in [0.25, 0.3) is 0 Å². The number of hydrogen-bond donors (Lipinski definition) is 1. The van der Waals surface area contributed by atoms with E-state index in [9.17, 15) is 0 Å². The molecular weight excluding hydrogens is 256 g/mol. The van der Waals surface area contributed by atoms with Crippen LogP contribution in [0.4, 0.5) is 0 Å². The molecule has 3 nitrogen and oxygen atoms in total. The quantitative estimate of drug-likeness (QED) is 0.894. The Labute approximate surface area is 120 Å². The number of hydrogen-bond acceptors (Lipinski definition) is 4. The minimum Gasteiger partial charge on any atom is -0.371 e. The molecule has 1 aliphatic rings.